The first kappa shape index (κ1) is 13.3. The molecule has 0 aliphatic carbocycles. The fourth-order valence-electron chi connectivity index (χ4n) is 2.12. The van der Waals surface area contributed by atoms with Crippen molar-refractivity contribution < 1.29 is 9.47 Å². The van der Waals surface area contributed by atoms with Crippen LogP contribution in [-0.2, 0) is 4.74 Å². The largest absolute Gasteiger partial charge is 0.477 e. The maximum atomic E-state index is 5.89. The van der Waals surface area contributed by atoms with E-state index in [4.69, 9.17) is 9.47 Å². The Morgan fingerprint density at radius 2 is 2.28 bits per heavy atom. The van der Waals surface area contributed by atoms with Crippen LogP contribution >= 0.6 is 0 Å². The molecule has 1 N–H and O–H groups in total. The Morgan fingerprint density at radius 1 is 1.50 bits per heavy atom. The number of hydrogen-bond donors (Lipinski definition) is 1. The normalized spacial score (nSPS) is 18.6. The monoisotopic (exact) mass is 250 g/mol. The van der Waals surface area contributed by atoms with Crippen LogP contribution in [0.2, 0.25) is 0 Å². The zero-order valence-electron chi connectivity index (χ0n) is 11.2. The van der Waals surface area contributed by atoms with Gasteiger partial charge in [0.2, 0.25) is 5.88 Å². The van der Waals surface area contributed by atoms with Crippen molar-refractivity contribution in [2.24, 2.45) is 5.92 Å². The number of nitrogens with one attached hydrogen (secondary N) is 1. The van der Waals surface area contributed by atoms with Gasteiger partial charge in [0.1, 0.15) is 0 Å². The SMILES string of the molecule is CNC(C)c1cccnc1OCC1CCOCC1. The van der Waals surface area contributed by atoms with Gasteiger partial charge in [-0.2, -0.15) is 0 Å². The lowest BCUT2D eigenvalue weighted by atomic mass is 10.0. The van der Waals surface area contributed by atoms with Crippen molar-refractivity contribution in [1.29, 1.82) is 0 Å². The third-order valence-corrected chi connectivity index (χ3v) is 3.50. The average Bonchev–Trinajstić information content (AvgIpc) is 2.45. The molecule has 1 aromatic rings. The smallest absolute Gasteiger partial charge is 0.218 e. The molecule has 18 heavy (non-hydrogen) atoms. The fraction of sp³-hybridized carbons (Fsp3) is 0.643. The molecule has 0 radical (unpaired) electrons. The van der Waals surface area contributed by atoms with Crippen molar-refractivity contribution in [2.75, 3.05) is 26.9 Å². The fourth-order valence-corrected chi connectivity index (χ4v) is 2.12. The standard InChI is InChI=1S/C14H22N2O2/c1-11(15-2)13-4-3-7-16-14(13)18-10-12-5-8-17-9-6-12/h3-4,7,11-12,15H,5-6,8-10H2,1-2H3. The van der Waals surface area contributed by atoms with Crippen LogP contribution in [-0.4, -0.2) is 31.9 Å². The van der Waals surface area contributed by atoms with Crippen molar-refractivity contribution in [3.05, 3.63) is 23.9 Å². The van der Waals surface area contributed by atoms with Crippen LogP contribution in [0.3, 0.4) is 0 Å². The quantitative estimate of drug-likeness (QED) is 0.869. The van der Waals surface area contributed by atoms with Gasteiger partial charge in [0, 0.05) is 31.0 Å². The van der Waals surface area contributed by atoms with Gasteiger partial charge in [-0.05, 0) is 38.8 Å². The molecule has 0 saturated carbocycles. The highest BCUT2D eigenvalue weighted by Gasteiger charge is 2.16. The van der Waals surface area contributed by atoms with Gasteiger partial charge in [-0.25, -0.2) is 4.98 Å². The second-order valence-corrected chi connectivity index (χ2v) is 4.77. The Morgan fingerprint density at radius 3 is 3.00 bits per heavy atom. The molecular weight excluding hydrogens is 228 g/mol. The van der Waals surface area contributed by atoms with E-state index in [1.54, 1.807) is 6.20 Å². The molecule has 1 aliphatic heterocycles. The third kappa shape index (κ3) is 3.43. The number of rotatable bonds is 5. The Labute approximate surface area is 109 Å². The van der Waals surface area contributed by atoms with Gasteiger partial charge in [0.05, 0.1) is 6.61 Å². The summed E-state index contributed by atoms with van der Waals surface area (Å²) in [6.07, 6.45) is 3.96. The van der Waals surface area contributed by atoms with Crippen LogP contribution in [0.15, 0.2) is 18.3 Å². The number of pyridine rings is 1. The summed E-state index contributed by atoms with van der Waals surface area (Å²) in [6, 6.07) is 4.27. The summed E-state index contributed by atoms with van der Waals surface area (Å²) in [6.45, 7) is 4.56. The first-order valence-electron chi connectivity index (χ1n) is 6.64. The van der Waals surface area contributed by atoms with E-state index in [9.17, 15) is 0 Å². The predicted octanol–water partition coefficient (Wildman–Crippen LogP) is 2.17. The van der Waals surface area contributed by atoms with Gasteiger partial charge in [-0.15, -0.1) is 0 Å². The molecule has 2 rings (SSSR count). The van der Waals surface area contributed by atoms with Crippen molar-refractivity contribution >= 4 is 0 Å². The second-order valence-electron chi connectivity index (χ2n) is 4.77. The molecule has 4 heteroatoms. The topological polar surface area (TPSA) is 43.4 Å². The van der Waals surface area contributed by atoms with E-state index in [1.807, 2.05) is 13.1 Å². The molecule has 0 spiro atoms. The Kier molecular flexibility index (Phi) is 4.96. The van der Waals surface area contributed by atoms with Gasteiger partial charge >= 0.3 is 0 Å². The summed E-state index contributed by atoms with van der Waals surface area (Å²) in [5.41, 5.74) is 1.12. The molecule has 0 amide bonds. The zero-order valence-corrected chi connectivity index (χ0v) is 11.2. The lowest BCUT2D eigenvalue weighted by Gasteiger charge is -2.23. The maximum absolute atomic E-state index is 5.89. The van der Waals surface area contributed by atoms with Crippen molar-refractivity contribution in [3.8, 4) is 5.88 Å². The van der Waals surface area contributed by atoms with Crippen molar-refractivity contribution in [3.63, 3.8) is 0 Å². The maximum Gasteiger partial charge on any atom is 0.218 e. The third-order valence-electron chi connectivity index (χ3n) is 3.50. The van der Waals surface area contributed by atoms with Gasteiger partial charge in [-0.3, -0.25) is 0 Å². The molecule has 0 bridgehead atoms. The molecule has 100 valence electrons. The van der Waals surface area contributed by atoms with E-state index >= 15 is 0 Å². The summed E-state index contributed by atoms with van der Waals surface area (Å²) in [7, 11) is 1.94. The van der Waals surface area contributed by atoms with Gasteiger partial charge in [0.15, 0.2) is 0 Å². The average molecular weight is 250 g/mol. The lowest BCUT2D eigenvalue weighted by Crippen LogP contribution is -2.22. The highest BCUT2D eigenvalue weighted by Crippen LogP contribution is 2.23. The molecule has 1 saturated heterocycles. The van der Waals surface area contributed by atoms with Crippen molar-refractivity contribution in [1.82, 2.24) is 10.3 Å². The van der Waals surface area contributed by atoms with E-state index in [1.165, 1.54) is 0 Å². The van der Waals surface area contributed by atoms with Gasteiger partial charge < -0.3 is 14.8 Å². The van der Waals surface area contributed by atoms with Gasteiger partial charge in [0.25, 0.3) is 0 Å². The van der Waals surface area contributed by atoms with Crippen LogP contribution in [0.25, 0.3) is 0 Å². The predicted molar refractivity (Wildman–Crippen MR) is 70.7 cm³/mol. The minimum Gasteiger partial charge on any atom is -0.477 e. The zero-order chi connectivity index (χ0) is 12.8. The highest BCUT2D eigenvalue weighted by molar-refractivity contribution is 5.28. The minimum absolute atomic E-state index is 0.253. The summed E-state index contributed by atoms with van der Waals surface area (Å²) < 4.78 is 11.2. The van der Waals surface area contributed by atoms with E-state index in [0.717, 1.165) is 44.1 Å². The number of ether oxygens (including phenoxy) is 2. The summed E-state index contributed by atoms with van der Waals surface area (Å²) in [4.78, 5) is 4.34. The number of hydrogen-bond acceptors (Lipinski definition) is 4. The molecule has 1 atom stereocenters. The first-order chi connectivity index (χ1) is 8.81. The molecule has 1 unspecified atom stereocenters. The molecule has 4 nitrogen and oxygen atoms in total. The van der Waals surface area contributed by atoms with Crippen LogP contribution in [0.1, 0.15) is 31.4 Å². The van der Waals surface area contributed by atoms with Crippen LogP contribution in [0, 0.1) is 5.92 Å². The molecule has 1 aromatic heterocycles. The summed E-state index contributed by atoms with van der Waals surface area (Å²) in [5.74, 6) is 1.35. The summed E-state index contributed by atoms with van der Waals surface area (Å²) >= 11 is 0. The van der Waals surface area contributed by atoms with Crippen LogP contribution in [0.4, 0.5) is 0 Å². The van der Waals surface area contributed by atoms with E-state index in [2.05, 4.69) is 23.3 Å². The van der Waals surface area contributed by atoms with Crippen LogP contribution in [0.5, 0.6) is 5.88 Å². The Balaban J connectivity index is 1.95. The molecular formula is C14H22N2O2. The molecule has 0 aromatic carbocycles. The molecule has 1 fully saturated rings. The lowest BCUT2D eigenvalue weighted by molar-refractivity contribution is 0.0488. The van der Waals surface area contributed by atoms with E-state index in [-0.39, 0.29) is 6.04 Å². The molecule has 1 aliphatic rings. The minimum atomic E-state index is 0.253. The van der Waals surface area contributed by atoms with E-state index < -0.39 is 0 Å². The number of aromatic nitrogens is 1. The van der Waals surface area contributed by atoms with E-state index in [0.29, 0.717) is 5.92 Å². The van der Waals surface area contributed by atoms with Crippen LogP contribution < -0.4 is 10.1 Å². The van der Waals surface area contributed by atoms with Crippen molar-refractivity contribution in [2.45, 2.75) is 25.8 Å². The highest BCUT2D eigenvalue weighted by atomic mass is 16.5. The Hall–Kier alpha value is -1.13. The number of nitrogens with zero attached hydrogens (tertiary/aromatic N) is 1. The first-order valence-corrected chi connectivity index (χ1v) is 6.64. The Bertz CT molecular complexity index is 365. The van der Waals surface area contributed by atoms with Gasteiger partial charge in [-0.1, -0.05) is 6.07 Å². The summed E-state index contributed by atoms with van der Waals surface area (Å²) in [5, 5.41) is 3.22. The molecule has 2 heterocycles. The second kappa shape index (κ2) is 6.71.